The maximum Gasteiger partial charge on any atom is 0.321 e. The minimum Gasteiger partial charge on any atom is -0.481 e. The summed E-state index contributed by atoms with van der Waals surface area (Å²) in [6, 6.07) is -0.376. The molecule has 0 radical (unpaired) electrons. The van der Waals surface area contributed by atoms with Crippen molar-refractivity contribution < 1.29 is 19.5 Å². The van der Waals surface area contributed by atoms with Crippen molar-refractivity contribution in [3.8, 4) is 0 Å². The van der Waals surface area contributed by atoms with Crippen LogP contribution in [0.15, 0.2) is 0 Å². The van der Waals surface area contributed by atoms with Gasteiger partial charge in [0.15, 0.2) is 0 Å². The lowest BCUT2D eigenvalue weighted by Crippen LogP contribution is -2.62. The lowest BCUT2D eigenvalue weighted by molar-refractivity contribution is -0.149. The second-order valence-electron chi connectivity index (χ2n) is 10.4. The van der Waals surface area contributed by atoms with Gasteiger partial charge in [0.25, 0.3) is 0 Å². The number of likely N-dealkylation sites (tertiary alicyclic amines) is 1. The Kier molecular flexibility index (Phi) is 4.23. The van der Waals surface area contributed by atoms with E-state index < -0.39 is 11.4 Å². The molecule has 3 N–H and O–H groups in total. The predicted molar refractivity (Wildman–Crippen MR) is 101 cm³/mol. The van der Waals surface area contributed by atoms with Crippen molar-refractivity contribution in [1.82, 2.24) is 15.5 Å². The minimum absolute atomic E-state index is 0.0970. The predicted octanol–water partition coefficient (Wildman–Crippen LogP) is 1.97. The molecule has 2 atom stereocenters. The molecular weight excluding hydrogens is 358 g/mol. The van der Waals surface area contributed by atoms with E-state index in [-0.39, 0.29) is 29.9 Å². The first-order valence-electron chi connectivity index (χ1n) is 10.9. The number of imide groups is 1. The monoisotopic (exact) mass is 389 g/mol. The van der Waals surface area contributed by atoms with Gasteiger partial charge in [-0.25, -0.2) is 4.79 Å². The molecule has 5 aliphatic carbocycles. The van der Waals surface area contributed by atoms with Gasteiger partial charge in [-0.1, -0.05) is 6.42 Å². The summed E-state index contributed by atoms with van der Waals surface area (Å²) in [4.78, 5) is 38.6. The molecule has 1 saturated heterocycles. The van der Waals surface area contributed by atoms with Crippen LogP contribution in [0.4, 0.5) is 4.79 Å². The zero-order chi connectivity index (χ0) is 19.5. The van der Waals surface area contributed by atoms with Gasteiger partial charge in [-0.05, 0) is 75.0 Å². The third kappa shape index (κ3) is 3.02. The fraction of sp³-hybridized carbons (Fsp3) is 0.857. The molecule has 6 rings (SSSR count). The first-order chi connectivity index (χ1) is 13.4. The summed E-state index contributed by atoms with van der Waals surface area (Å²) in [7, 11) is 0. The van der Waals surface area contributed by atoms with E-state index in [2.05, 4.69) is 10.6 Å². The van der Waals surface area contributed by atoms with E-state index in [1.807, 2.05) is 4.90 Å². The van der Waals surface area contributed by atoms with Crippen LogP contribution in [-0.2, 0) is 9.59 Å². The quantitative estimate of drug-likeness (QED) is 0.683. The zero-order valence-electron chi connectivity index (χ0n) is 16.4. The van der Waals surface area contributed by atoms with Crippen LogP contribution in [-0.4, -0.2) is 53.1 Å². The number of nitrogens with zero attached hydrogens (tertiary/aromatic N) is 1. The molecule has 7 nitrogen and oxygen atoms in total. The zero-order valence-corrected chi connectivity index (χ0v) is 16.4. The molecule has 4 bridgehead atoms. The Morgan fingerprint density at radius 3 is 2.25 bits per heavy atom. The number of nitrogens with one attached hydrogen (secondary N) is 2. The van der Waals surface area contributed by atoms with Gasteiger partial charge < -0.3 is 10.4 Å². The second kappa shape index (κ2) is 6.44. The van der Waals surface area contributed by atoms with Gasteiger partial charge in [0.1, 0.15) is 0 Å². The molecule has 0 aromatic heterocycles. The van der Waals surface area contributed by atoms with Gasteiger partial charge in [0.2, 0.25) is 5.91 Å². The number of carboxylic acids is 1. The van der Waals surface area contributed by atoms with Gasteiger partial charge in [0, 0.05) is 18.6 Å². The van der Waals surface area contributed by atoms with Crippen molar-refractivity contribution in [2.75, 3.05) is 19.6 Å². The van der Waals surface area contributed by atoms with Crippen LogP contribution in [0.25, 0.3) is 0 Å². The molecule has 28 heavy (non-hydrogen) atoms. The van der Waals surface area contributed by atoms with E-state index in [0.717, 1.165) is 49.9 Å². The summed E-state index contributed by atoms with van der Waals surface area (Å²) in [5.41, 5.74) is -0.807. The molecule has 7 heteroatoms. The molecule has 0 aromatic carbocycles. The largest absolute Gasteiger partial charge is 0.481 e. The molecule has 3 amide bonds. The van der Waals surface area contributed by atoms with E-state index in [1.54, 1.807) is 0 Å². The van der Waals surface area contributed by atoms with Crippen LogP contribution in [0.1, 0.15) is 57.8 Å². The third-order valence-electron chi connectivity index (χ3n) is 8.40. The van der Waals surface area contributed by atoms with Crippen molar-refractivity contribution in [3.63, 3.8) is 0 Å². The minimum atomic E-state index is -0.738. The highest BCUT2D eigenvalue weighted by Gasteiger charge is 2.55. The molecule has 6 fully saturated rings. The van der Waals surface area contributed by atoms with Gasteiger partial charge >= 0.3 is 12.0 Å². The van der Waals surface area contributed by atoms with E-state index in [9.17, 15) is 19.5 Å². The topological polar surface area (TPSA) is 98.7 Å². The number of amides is 3. The lowest BCUT2D eigenvalue weighted by atomic mass is 9.53. The fourth-order valence-corrected chi connectivity index (χ4v) is 7.77. The number of carbonyl (C=O) groups excluding carboxylic acids is 2. The molecule has 0 unspecified atom stereocenters. The number of aliphatic carboxylic acids is 1. The molecule has 0 spiro atoms. The summed E-state index contributed by atoms with van der Waals surface area (Å²) in [6.45, 7) is 1.15. The Balaban J connectivity index is 1.15. The highest BCUT2D eigenvalue weighted by atomic mass is 16.4. The van der Waals surface area contributed by atoms with Gasteiger partial charge in [-0.3, -0.25) is 19.8 Å². The van der Waals surface area contributed by atoms with Crippen LogP contribution in [0.2, 0.25) is 0 Å². The van der Waals surface area contributed by atoms with Crippen LogP contribution in [0.5, 0.6) is 0 Å². The van der Waals surface area contributed by atoms with Crippen molar-refractivity contribution >= 4 is 17.9 Å². The van der Waals surface area contributed by atoms with Gasteiger partial charge in [0.05, 0.1) is 12.0 Å². The Morgan fingerprint density at radius 2 is 1.68 bits per heavy atom. The van der Waals surface area contributed by atoms with Crippen LogP contribution >= 0.6 is 0 Å². The Labute approximate surface area is 165 Å². The average molecular weight is 389 g/mol. The summed E-state index contributed by atoms with van der Waals surface area (Å²) < 4.78 is 0. The highest BCUT2D eigenvalue weighted by molar-refractivity contribution is 5.95. The molecule has 1 heterocycles. The molecular formula is C21H31N3O4. The maximum absolute atomic E-state index is 12.5. The third-order valence-corrected chi connectivity index (χ3v) is 8.40. The summed E-state index contributed by atoms with van der Waals surface area (Å²) >= 11 is 0. The Hall–Kier alpha value is -1.63. The van der Waals surface area contributed by atoms with Crippen LogP contribution in [0, 0.1) is 29.1 Å². The summed E-state index contributed by atoms with van der Waals surface area (Å²) in [5, 5.41) is 15.3. The van der Waals surface area contributed by atoms with Crippen molar-refractivity contribution in [3.05, 3.63) is 0 Å². The number of carbonyl (C=O) groups is 3. The number of carboxylic acid groups (broad SMARTS) is 1. The standard InChI is InChI=1S/C21H31N3O4/c25-17(11-24-10-16-2-1-3-21(16,12-24)18(26)27)22-19(28)23-20-7-13-4-14(8-20)6-15(5-13)9-20/h13-16H,1-12H2,(H,26,27)(H2,22,23,25,28)/t13?,14?,15?,16-,20?,21+/m0/s1. The highest BCUT2D eigenvalue weighted by Crippen LogP contribution is 2.55. The van der Waals surface area contributed by atoms with Crippen LogP contribution in [0.3, 0.4) is 0 Å². The van der Waals surface area contributed by atoms with Gasteiger partial charge in [-0.2, -0.15) is 0 Å². The van der Waals surface area contributed by atoms with Crippen LogP contribution < -0.4 is 10.6 Å². The smallest absolute Gasteiger partial charge is 0.321 e. The fourth-order valence-electron chi connectivity index (χ4n) is 7.77. The summed E-state index contributed by atoms with van der Waals surface area (Å²) in [5.74, 6) is 1.26. The second-order valence-corrected chi connectivity index (χ2v) is 10.4. The van der Waals surface area contributed by atoms with Crippen molar-refractivity contribution in [2.45, 2.75) is 63.3 Å². The van der Waals surface area contributed by atoms with Crippen molar-refractivity contribution in [1.29, 1.82) is 0 Å². The van der Waals surface area contributed by atoms with E-state index in [0.29, 0.717) is 19.5 Å². The summed E-state index contributed by atoms with van der Waals surface area (Å²) in [6.07, 6.45) is 9.63. The number of hydrogen-bond acceptors (Lipinski definition) is 4. The Morgan fingerprint density at radius 1 is 1.04 bits per heavy atom. The molecule has 6 aliphatic rings. The SMILES string of the molecule is O=C(CN1C[C@@H]2CCC[C@@]2(C(=O)O)C1)NC(=O)NC12CC3CC(CC(C3)C1)C2. The number of fused-ring (bicyclic) bond motifs is 1. The maximum atomic E-state index is 12.5. The first-order valence-corrected chi connectivity index (χ1v) is 10.9. The van der Waals surface area contributed by atoms with E-state index in [4.69, 9.17) is 0 Å². The number of hydrogen-bond donors (Lipinski definition) is 3. The molecule has 0 aromatic rings. The average Bonchev–Trinajstić information content (AvgIpc) is 3.10. The molecule has 5 saturated carbocycles. The van der Waals surface area contributed by atoms with Crippen molar-refractivity contribution in [2.24, 2.45) is 29.1 Å². The van der Waals surface area contributed by atoms with E-state index >= 15 is 0 Å². The number of rotatable bonds is 4. The number of urea groups is 1. The molecule has 154 valence electrons. The first kappa shape index (κ1) is 18.4. The normalized spacial score (nSPS) is 43.7. The van der Waals surface area contributed by atoms with E-state index in [1.165, 1.54) is 19.3 Å². The lowest BCUT2D eigenvalue weighted by Gasteiger charge is -2.56. The molecule has 1 aliphatic heterocycles. The Bertz CT molecular complexity index is 672. The van der Waals surface area contributed by atoms with Gasteiger partial charge in [-0.15, -0.1) is 0 Å².